The zero-order valence-corrected chi connectivity index (χ0v) is 10.4. The first-order chi connectivity index (χ1) is 8.56. The van der Waals surface area contributed by atoms with Crippen LogP contribution in [0.15, 0.2) is 0 Å². The van der Waals surface area contributed by atoms with Crippen molar-refractivity contribution in [1.29, 1.82) is 0 Å². The van der Waals surface area contributed by atoms with E-state index in [2.05, 4.69) is 5.32 Å². The van der Waals surface area contributed by atoms with Crippen LogP contribution in [0.4, 0.5) is 0 Å². The highest BCUT2D eigenvalue weighted by Gasteiger charge is 2.28. The zero-order valence-electron chi connectivity index (χ0n) is 9.63. The summed E-state index contributed by atoms with van der Waals surface area (Å²) in [5.41, 5.74) is 0. The van der Waals surface area contributed by atoms with Gasteiger partial charge in [-0.1, -0.05) is 0 Å². The summed E-state index contributed by atoms with van der Waals surface area (Å²) in [5, 5.41) is 10.9. The van der Waals surface area contributed by atoms with E-state index in [1.165, 1.54) is 16.7 Å². The van der Waals surface area contributed by atoms with Gasteiger partial charge in [0.1, 0.15) is 6.04 Å². The molecule has 18 heavy (non-hydrogen) atoms. The molecule has 7 nitrogen and oxygen atoms in total. The lowest BCUT2D eigenvalue weighted by atomic mass is 10.3. The number of nitrogens with one attached hydrogen (secondary N) is 1. The van der Waals surface area contributed by atoms with Crippen molar-refractivity contribution in [1.82, 2.24) is 10.2 Å². The maximum Gasteiger partial charge on any atom is 0.327 e. The molecular weight excluding hydrogens is 260 g/mol. The number of carbonyl (C=O) groups is 4. The fourth-order valence-corrected chi connectivity index (χ4v) is 2.45. The Hall–Kier alpha value is -1.57. The van der Waals surface area contributed by atoms with Crippen LogP contribution in [0.3, 0.4) is 0 Å². The van der Waals surface area contributed by atoms with E-state index in [0.717, 1.165) is 0 Å². The molecule has 0 aromatic rings. The monoisotopic (exact) mass is 274 g/mol. The summed E-state index contributed by atoms with van der Waals surface area (Å²) in [7, 11) is 0. The molecule has 0 radical (unpaired) electrons. The summed E-state index contributed by atoms with van der Waals surface area (Å²) in [5.74, 6) is -0.808. The normalized spacial score (nSPS) is 16.8. The van der Waals surface area contributed by atoms with Crippen LogP contribution in [0.25, 0.3) is 0 Å². The van der Waals surface area contributed by atoms with E-state index in [1.807, 2.05) is 0 Å². The predicted octanol–water partition coefficient (Wildman–Crippen LogP) is -0.932. The lowest BCUT2D eigenvalue weighted by Gasteiger charge is -2.14. The van der Waals surface area contributed by atoms with Crippen LogP contribution in [0.5, 0.6) is 0 Å². The average Bonchev–Trinajstić information content (AvgIpc) is 2.63. The number of amides is 3. The molecule has 1 heterocycles. The van der Waals surface area contributed by atoms with Crippen molar-refractivity contribution >= 4 is 36.0 Å². The van der Waals surface area contributed by atoms with Crippen molar-refractivity contribution in [2.45, 2.75) is 18.9 Å². The number of nitrogens with zero attached hydrogens (tertiary/aromatic N) is 1. The smallest absolute Gasteiger partial charge is 0.327 e. The number of aliphatic carboxylic acids is 1. The minimum Gasteiger partial charge on any atom is -0.480 e. The van der Waals surface area contributed by atoms with Crippen LogP contribution >= 0.6 is 11.8 Å². The molecule has 1 unspecified atom stereocenters. The van der Waals surface area contributed by atoms with E-state index in [9.17, 15) is 19.2 Å². The molecule has 0 spiro atoms. The second kappa shape index (κ2) is 7.00. The van der Waals surface area contributed by atoms with Crippen LogP contribution in [0.1, 0.15) is 12.8 Å². The van der Waals surface area contributed by atoms with Crippen molar-refractivity contribution in [3.8, 4) is 0 Å². The van der Waals surface area contributed by atoms with Gasteiger partial charge in [0.05, 0.1) is 0 Å². The van der Waals surface area contributed by atoms with Gasteiger partial charge in [0.15, 0.2) is 0 Å². The molecule has 1 atom stereocenters. The zero-order chi connectivity index (χ0) is 13.5. The number of hydrogen-bond donors (Lipinski definition) is 2. The van der Waals surface area contributed by atoms with Gasteiger partial charge in [0.2, 0.25) is 18.2 Å². The first-order valence-electron chi connectivity index (χ1n) is 5.39. The molecule has 2 N–H and O–H groups in total. The Morgan fingerprint density at radius 2 is 2.06 bits per heavy atom. The largest absolute Gasteiger partial charge is 0.480 e. The molecule has 0 bridgehead atoms. The van der Waals surface area contributed by atoms with E-state index in [1.54, 1.807) is 0 Å². The van der Waals surface area contributed by atoms with E-state index in [0.29, 0.717) is 12.2 Å². The van der Waals surface area contributed by atoms with Gasteiger partial charge >= 0.3 is 5.97 Å². The highest BCUT2D eigenvalue weighted by molar-refractivity contribution is 7.99. The van der Waals surface area contributed by atoms with E-state index in [-0.39, 0.29) is 37.0 Å². The lowest BCUT2D eigenvalue weighted by molar-refractivity contribution is -0.140. The molecule has 1 rings (SSSR count). The van der Waals surface area contributed by atoms with Crippen LogP contribution < -0.4 is 5.32 Å². The third-order valence-corrected chi connectivity index (χ3v) is 3.51. The Morgan fingerprint density at radius 1 is 1.44 bits per heavy atom. The van der Waals surface area contributed by atoms with Crippen molar-refractivity contribution in [3.05, 3.63) is 0 Å². The first-order valence-corrected chi connectivity index (χ1v) is 6.55. The molecule has 0 aromatic carbocycles. The van der Waals surface area contributed by atoms with Gasteiger partial charge in [-0.3, -0.25) is 19.3 Å². The predicted molar refractivity (Wildman–Crippen MR) is 63.9 cm³/mol. The molecule has 3 amide bonds. The third-order valence-electron chi connectivity index (χ3n) is 2.47. The topological polar surface area (TPSA) is 104 Å². The number of carboxylic acids is 1. The Kier molecular flexibility index (Phi) is 5.63. The van der Waals surface area contributed by atoms with E-state index < -0.39 is 12.0 Å². The summed E-state index contributed by atoms with van der Waals surface area (Å²) in [6.07, 6.45) is 0.856. The molecule has 0 saturated carbocycles. The molecule has 1 aliphatic heterocycles. The van der Waals surface area contributed by atoms with Crippen molar-refractivity contribution in [2.75, 3.05) is 18.1 Å². The number of carbonyl (C=O) groups excluding carboxylic acids is 3. The Bertz CT molecular complexity index is 344. The third kappa shape index (κ3) is 4.02. The van der Waals surface area contributed by atoms with Gasteiger partial charge in [-0.15, -0.1) is 0 Å². The molecule has 1 aliphatic rings. The van der Waals surface area contributed by atoms with Crippen LogP contribution in [0.2, 0.25) is 0 Å². The maximum atomic E-state index is 11.3. The number of imide groups is 1. The molecular formula is C10H14N2O5S. The second-order valence-corrected chi connectivity index (χ2v) is 4.84. The Balaban J connectivity index is 2.25. The summed E-state index contributed by atoms with van der Waals surface area (Å²) in [4.78, 5) is 44.6. The molecule has 100 valence electrons. The SMILES string of the molecule is O=CNC(CSCCN1C(=O)CCC1=O)C(=O)O. The summed E-state index contributed by atoms with van der Waals surface area (Å²) in [6, 6.07) is -0.947. The fraction of sp³-hybridized carbons (Fsp3) is 0.600. The van der Waals surface area contributed by atoms with Gasteiger partial charge in [0, 0.05) is 30.9 Å². The first kappa shape index (κ1) is 14.5. The minimum atomic E-state index is -1.11. The van der Waals surface area contributed by atoms with Gasteiger partial charge in [-0.2, -0.15) is 11.8 Å². The highest BCUT2D eigenvalue weighted by Crippen LogP contribution is 2.13. The molecule has 0 aliphatic carbocycles. The summed E-state index contributed by atoms with van der Waals surface area (Å²) >= 11 is 1.27. The molecule has 0 aromatic heterocycles. The fourth-order valence-electron chi connectivity index (χ4n) is 1.50. The quantitative estimate of drug-likeness (QED) is 0.336. The van der Waals surface area contributed by atoms with Crippen molar-refractivity contribution in [2.24, 2.45) is 0 Å². The molecule has 1 saturated heterocycles. The second-order valence-electron chi connectivity index (χ2n) is 3.69. The van der Waals surface area contributed by atoms with Gasteiger partial charge in [0.25, 0.3) is 0 Å². The number of likely N-dealkylation sites (tertiary alicyclic amines) is 1. The summed E-state index contributed by atoms with van der Waals surface area (Å²) in [6.45, 7) is 0.287. The van der Waals surface area contributed by atoms with Crippen molar-refractivity contribution < 1.29 is 24.3 Å². The maximum absolute atomic E-state index is 11.3. The molecule has 1 fully saturated rings. The number of hydrogen-bond acceptors (Lipinski definition) is 5. The number of rotatable bonds is 8. The van der Waals surface area contributed by atoms with E-state index in [4.69, 9.17) is 5.11 Å². The average molecular weight is 274 g/mol. The Labute approximate surface area is 108 Å². The van der Waals surface area contributed by atoms with Gasteiger partial charge < -0.3 is 10.4 Å². The van der Waals surface area contributed by atoms with Gasteiger partial charge in [-0.05, 0) is 0 Å². The standard InChI is InChI=1S/C10H14N2O5S/c13-6-11-7(10(16)17)5-18-4-3-12-8(14)1-2-9(12)15/h6-7H,1-5H2,(H,11,13)(H,16,17). The van der Waals surface area contributed by atoms with Crippen LogP contribution in [-0.4, -0.2) is 58.3 Å². The van der Waals surface area contributed by atoms with Crippen LogP contribution in [-0.2, 0) is 19.2 Å². The lowest BCUT2D eigenvalue weighted by Crippen LogP contribution is -2.38. The van der Waals surface area contributed by atoms with Gasteiger partial charge in [-0.25, -0.2) is 4.79 Å². The Morgan fingerprint density at radius 3 is 2.56 bits per heavy atom. The molecule has 8 heteroatoms. The number of thioether (sulfide) groups is 1. The van der Waals surface area contributed by atoms with Crippen molar-refractivity contribution in [3.63, 3.8) is 0 Å². The minimum absolute atomic E-state index is 0.179. The number of carboxylic acid groups (broad SMARTS) is 1. The highest BCUT2D eigenvalue weighted by atomic mass is 32.2. The van der Waals surface area contributed by atoms with E-state index >= 15 is 0 Å². The van der Waals surface area contributed by atoms with Crippen LogP contribution in [0, 0.1) is 0 Å². The summed E-state index contributed by atoms with van der Waals surface area (Å²) < 4.78 is 0.